The van der Waals surface area contributed by atoms with Crippen molar-refractivity contribution < 1.29 is 5.11 Å². The van der Waals surface area contributed by atoms with E-state index >= 15 is 0 Å². The van der Waals surface area contributed by atoms with Crippen LogP contribution in [0.2, 0.25) is 0 Å². The predicted octanol–water partition coefficient (Wildman–Crippen LogP) is 4.08. The van der Waals surface area contributed by atoms with Crippen LogP contribution < -0.4 is 0 Å². The number of aryl methyl sites for hydroxylation is 1. The third kappa shape index (κ3) is 2.02. The van der Waals surface area contributed by atoms with E-state index < -0.39 is 0 Å². The second-order valence-corrected chi connectivity index (χ2v) is 7.68. The molecule has 20 heavy (non-hydrogen) atoms. The minimum Gasteiger partial charge on any atom is -0.396 e. The lowest BCUT2D eigenvalue weighted by atomic mass is 9.47. The van der Waals surface area contributed by atoms with Crippen LogP contribution in [0.15, 0.2) is 24.3 Å². The maximum Gasteiger partial charge on any atom is 0.0434 e. The van der Waals surface area contributed by atoms with Crippen molar-refractivity contribution in [1.29, 1.82) is 0 Å². The summed E-state index contributed by atoms with van der Waals surface area (Å²) in [4.78, 5) is 0. The second-order valence-electron chi connectivity index (χ2n) is 7.68. The molecule has 0 radical (unpaired) electrons. The van der Waals surface area contributed by atoms with E-state index in [4.69, 9.17) is 5.11 Å². The molecule has 4 saturated carbocycles. The maximum absolute atomic E-state index is 9.15. The van der Waals surface area contributed by atoms with Gasteiger partial charge in [-0.15, -0.1) is 0 Å². The zero-order valence-electron chi connectivity index (χ0n) is 12.4. The zero-order chi connectivity index (χ0) is 13.6. The van der Waals surface area contributed by atoms with Crippen molar-refractivity contribution in [2.24, 2.45) is 17.8 Å². The molecule has 1 heteroatoms. The van der Waals surface area contributed by atoms with E-state index in [9.17, 15) is 0 Å². The summed E-state index contributed by atoms with van der Waals surface area (Å²) in [7, 11) is 0. The molecule has 0 aromatic heterocycles. The summed E-state index contributed by atoms with van der Waals surface area (Å²) in [5.74, 6) is 3.02. The molecule has 1 aromatic carbocycles. The maximum atomic E-state index is 9.15. The largest absolute Gasteiger partial charge is 0.396 e. The summed E-state index contributed by atoms with van der Waals surface area (Å²) in [6.45, 7) is 0.315. The number of aliphatic hydroxyl groups excluding tert-OH is 1. The van der Waals surface area contributed by atoms with E-state index in [1.807, 2.05) is 0 Å². The highest BCUT2D eigenvalue weighted by Gasteiger charge is 2.51. The molecule has 0 unspecified atom stereocenters. The van der Waals surface area contributed by atoms with Crippen molar-refractivity contribution >= 4 is 0 Å². The Morgan fingerprint density at radius 3 is 2.15 bits per heavy atom. The molecule has 0 saturated heterocycles. The summed E-state index contributed by atoms with van der Waals surface area (Å²) in [6.07, 6.45) is 10.8. The lowest BCUT2D eigenvalue weighted by molar-refractivity contribution is -0.00560. The Morgan fingerprint density at radius 1 is 0.950 bits per heavy atom. The Labute approximate surface area is 122 Å². The molecule has 0 heterocycles. The Bertz CT molecular complexity index is 455. The second kappa shape index (κ2) is 4.87. The molecule has 0 aliphatic heterocycles. The van der Waals surface area contributed by atoms with Gasteiger partial charge in [-0.3, -0.25) is 0 Å². The van der Waals surface area contributed by atoms with Gasteiger partial charge in [0, 0.05) is 6.61 Å². The van der Waals surface area contributed by atoms with E-state index in [0.717, 1.165) is 30.6 Å². The van der Waals surface area contributed by atoms with Crippen LogP contribution in [0.1, 0.15) is 56.1 Å². The molecular formula is C19H26O. The van der Waals surface area contributed by atoms with E-state index in [1.165, 1.54) is 44.1 Å². The summed E-state index contributed by atoms with van der Waals surface area (Å²) in [5.41, 5.74) is 3.66. The van der Waals surface area contributed by atoms with Crippen LogP contribution in [0.3, 0.4) is 0 Å². The third-order valence-electron chi connectivity index (χ3n) is 6.23. The lowest BCUT2D eigenvalue weighted by Gasteiger charge is -2.57. The number of hydrogen-bond donors (Lipinski definition) is 1. The number of hydrogen-bond acceptors (Lipinski definition) is 1. The molecule has 4 aliphatic carbocycles. The number of aliphatic hydroxyl groups is 1. The van der Waals surface area contributed by atoms with Crippen LogP contribution in [0.25, 0.3) is 0 Å². The molecule has 0 atom stereocenters. The minimum atomic E-state index is 0.315. The molecule has 4 fully saturated rings. The van der Waals surface area contributed by atoms with Gasteiger partial charge in [0.25, 0.3) is 0 Å². The van der Waals surface area contributed by atoms with Crippen molar-refractivity contribution in [3.8, 4) is 0 Å². The molecular weight excluding hydrogens is 244 g/mol. The first-order valence-electron chi connectivity index (χ1n) is 8.48. The first-order valence-corrected chi connectivity index (χ1v) is 8.48. The van der Waals surface area contributed by atoms with Crippen LogP contribution in [0.5, 0.6) is 0 Å². The molecule has 5 rings (SSSR count). The fourth-order valence-electron chi connectivity index (χ4n) is 5.97. The van der Waals surface area contributed by atoms with Crippen molar-refractivity contribution in [2.75, 3.05) is 6.61 Å². The zero-order valence-corrected chi connectivity index (χ0v) is 12.4. The molecule has 4 bridgehead atoms. The van der Waals surface area contributed by atoms with Gasteiger partial charge >= 0.3 is 0 Å². The van der Waals surface area contributed by atoms with Crippen LogP contribution in [-0.4, -0.2) is 11.7 Å². The van der Waals surface area contributed by atoms with Crippen LogP contribution in [0, 0.1) is 17.8 Å². The monoisotopic (exact) mass is 270 g/mol. The predicted molar refractivity (Wildman–Crippen MR) is 81.7 cm³/mol. The van der Waals surface area contributed by atoms with E-state index in [-0.39, 0.29) is 0 Å². The van der Waals surface area contributed by atoms with Gasteiger partial charge in [0.2, 0.25) is 0 Å². The quantitative estimate of drug-likeness (QED) is 0.874. The van der Waals surface area contributed by atoms with Gasteiger partial charge in [0.1, 0.15) is 0 Å². The molecule has 1 aromatic rings. The van der Waals surface area contributed by atoms with Crippen molar-refractivity contribution in [2.45, 2.75) is 56.8 Å². The Morgan fingerprint density at radius 2 is 1.55 bits per heavy atom. The summed E-state index contributed by atoms with van der Waals surface area (Å²) < 4.78 is 0. The van der Waals surface area contributed by atoms with Crippen LogP contribution in [0.4, 0.5) is 0 Å². The van der Waals surface area contributed by atoms with Crippen molar-refractivity contribution in [3.05, 3.63) is 35.4 Å². The topological polar surface area (TPSA) is 20.2 Å². The molecule has 0 amide bonds. The Hall–Kier alpha value is -0.820. The third-order valence-corrected chi connectivity index (χ3v) is 6.23. The SMILES string of the molecule is OCCCc1ccccc1C12CC3CC(CC(C3)C1)C2. The van der Waals surface area contributed by atoms with Crippen LogP contribution >= 0.6 is 0 Å². The normalized spacial score (nSPS) is 38.4. The van der Waals surface area contributed by atoms with Gasteiger partial charge < -0.3 is 5.11 Å². The minimum absolute atomic E-state index is 0.315. The van der Waals surface area contributed by atoms with Gasteiger partial charge in [0.15, 0.2) is 0 Å². The highest BCUT2D eigenvalue weighted by Crippen LogP contribution is 2.61. The van der Waals surface area contributed by atoms with E-state index in [0.29, 0.717) is 12.0 Å². The summed E-state index contributed by atoms with van der Waals surface area (Å²) in [5, 5.41) is 9.15. The fraction of sp³-hybridized carbons (Fsp3) is 0.684. The van der Waals surface area contributed by atoms with Crippen LogP contribution in [-0.2, 0) is 11.8 Å². The molecule has 1 N–H and O–H groups in total. The van der Waals surface area contributed by atoms with E-state index in [1.54, 1.807) is 5.56 Å². The van der Waals surface area contributed by atoms with E-state index in [2.05, 4.69) is 24.3 Å². The van der Waals surface area contributed by atoms with Crippen molar-refractivity contribution in [3.63, 3.8) is 0 Å². The molecule has 108 valence electrons. The number of rotatable bonds is 4. The van der Waals surface area contributed by atoms with Gasteiger partial charge in [-0.05, 0) is 85.7 Å². The summed E-state index contributed by atoms with van der Waals surface area (Å²) in [6, 6.07) is 9.12. The number of benzene rings is 1. The highest BCUT2D eigenvalue weighted by molar-refractivity contribution is 5.37. The highest BCUT2D eigenvalue weighted by atomic mass is 16.2. The van der Waals surface area contributed by atoms with Crippen molar-refractivity contribution in [1.82, 2.24) is 0 Å². The average molecular weight is 270 g/mol. The first-order chi connectivity index (χ1) is 9.79. The molecule has 1 nitrogen and oxygen atoms in total. The Balaban J connectivity index is 1.70. The molecule has 0 spiro atoms. The van der Waals surface area contributed by atoms with Gasteiger partial charge in [-0.2, -0.15) is 0 Å². The smallest absolute Gasteiger partial charge is 0.0434 e. The van der Waals surface area contributed by atoms with Gasteiger partial charge in [0.05, 0.1) is 0 Å². The molecule has 4 aliphatic rings. The lowest BCUT2D eigenvalue weighted by Crippen LogP contribution is -2.48. The first kappa shape index (κ1) is 12.9. The fourth-order valence-corrected chi connectivity index (χ4v) is 5.97. The standard InChI is InChI=1S/C19H26O/c20-7-3-5-17-4-1-2-6-18(17)19-11-14-8-15(12-19)10-16(9-14)13-19/h1-2,4,6,14-16,20H,3,5,7-13H2. The average Bonchev–Trinajstić information content (AvgIpc) is 2.44. The Kier molecular flexibility index (Phi) is 3.14. The summed E-state index contributed by atoms with van der Waals surface area (Å²) >= 11 is 0. The van der Waals surface area contributed by atoms with Gasteiger partial charge in [-0.1, -0.05) is 24.3 Å². The van der Waals surface area contributed by atoms with Gasteiger partial charge in [-0.25, -0.2) is 0 Å².